The first kappa shape index (κ1) is 14.9. The lowest BCUT2D eigenvalue weighted by Gasteiger charge is -2.07. The second-order valence-corrected chi connectivity index (χ2v) is 4.77. The van der Waals surface area contributed by atoms with Gasteiger partial charge in [0.25, 0.3) is 11.6 Å². The van der Waals surface area contributed by atoms with E-state index in [0.29, 0.717) is 5.56 Å². The van der Waals surface area contributed by atoms with Crippen LogP contribution in [0.15, 0.2) is 36.4 Å². The number of carbonyl (C=O) groups excluding carboxylic acids is 1. The Bertz CT molecular complexity index is 734. The van der Waals surface area contributed by atoms with Crippen LogP contribution in [0.25, 0.3) is 0 Å². The van der Waals surface area contributed by atoms with Gasteiger partial charge in [-0.1, -0.05) is 17.7 Å². The number of halogens is 2. The molecule has 2 aromatic rings. The van der Waals surface area contributed by atoms with E-state index in [1.807, 2.05) is 0 Å². The maximum absolute atomic E-state index is 13.6. The van der Waals surface area contributed by atoms with Crippen molar-refractivity contribution in [3.63, 3.8) is 0 Å². The largest absolute Gasteiger partial charge is 0.322 e. The minimum Gasteiger partial charge on any atom is -0.322 e. The molecule has 108 valence electrons. The second-order valence-electron chi connectivity index (χ2n) is 4.34. The van der Waals surface area contributed by atoms with Crippen LogP contribution in [0.5, 0.6) is 0 Å². The number of hydrogen-bond acceptors (Lipinski definition) is 3. The Morgan fingerprint density at radius 1 is 1.29 bits per heavy atom. The summed E-state index contributed by atoms with van der Waals surface area (Å²) in [6.07, 6.45) is 0. The molecule has 0 fully saturated rings. The van der Waals surface area contributed by atoms with E-state index in [1.165, 1.54) is 30.3 Å². The molecule has 0 aliphatic carbocycles. The van der Waals surface area contributed by atoms with E-state index in [0.717, 1.165) is 6.07 Å². The van der Waals surface area contributed by atoms with Gasteiger partial charge in [0.05, 0.1) is 10.5 Å². The van der Waals surface area contributed by atoms with Gasteiger partial charge in [-0.25, -0.2) is 4.39 Å². The van der Waals surface area contributed by atoms with E-state index in [-0.39, 0.29) is 22.0 Å². The smallest absolute Gasteiger partial charge is 0.274 e. The zero-order valence-electron chi connectivity index (χ0n) is 10.9. The summed E-state index contributed by atoms with van der Waals surface area (Å²) in [5, 5.41) is 13.5. The number of hydrogen-bond donors (Lipinski definition) is 1. The first-order valence-corrected chi connectivity index (χ1v) is 6.27. The number of nitro benzene ring substituents is 1. The summed E-state index contributed by atoms with van der Waals surface area (Å²) in [5.74, 6) is -1.45. The number of nitrogens with one attached hydrogen (secondary N) is 1. The molecule has 5 nitrogen and oxygen atoms in total. The van der Waals surface area contributed by atoms with E-state index >= 15 is 0 Å². The van der Waals surface area contributed by atoms with E-state index < -0.39 is 16.6 Å². The molecule has 0 saturated carbocycles. The highest BCUT2D eigenvalue weighted by molar-refractivity contribution is 6.31. The fourth-order valence-corrected chi connectivity index (χ4v) is 1.93. The number of amides is 1. The molecule has 0 heterocycles. The molecule has 21 heavy (non-hydrogen) atoms. The number of aryl methyl sites for hydroxylation is 1. The molecule has 1 N–H and O–H groups in total. The van der Waals surface area contributed by atoms with Crippen LogP contribution in [0.3, 0.4) is 0 Å². The molecule has 0 spiro atoms. The fraction of sp³-hybridized carbons (Fsp3) is 0.0714. The molecule has 0 aliphatic heterocycles. The van der Waals surface area contributed by atoms with Crippen molar-refractivity contribution in [3.8, 4) is 0 Å². The first-order chi connectivity index (χ1) is 9.88. The van der Waals surface area contributed by atoms with Crippen LogP contribution in [0.4, 0.5) is 15.8 Å². The molecule has 0 saturated heterocycles. The van der Waals surface area contributed by atoms with Crippen molar-refractivity contribution < 1.29 is 14.1 Å². The number of nitro groups is 1. The Morgan fingerprint density at radius 2 is 2.00 bits per heavy atom. The average molecular weight is 309 g/mol. The monoisotopic (exact) mass is 308 g/mol. The Morgan fingerprint density at radius 3 is 2.67 bits per heavy atom. The lowest BCUT2D eigenvalue weighted by Crippen LogP contribution is -2.14. The van der Waals surface area contributed by atoms with Gasteiger partial charge >= 0.3 is 0 Å². The minimum atomic E-state index is -0.729. The van der Waals surface area contributed by atoms with E-state index in [4.69, 9.17) is 11.6 Å². The van der Waals surface area contributed by atoms with E-state index in [1.54, 1.807) is 6.92 Å². The van der Waals surface area contributed by atoms with Crippen molar-refractivity contribution in [2.75, 3.05) is 5.32 Å². The Balaban J connectivity index is 2.29. The van der Waals surface area contributed by atoms with Gasteiger partial charge in [0.1, 0.15) is 5.82 Å². The summed E-state index contributed by atoms with van der Waals surface area (Å²) in [7, 11) is 0. The molecule has 2 rings (SSSR count). The van der Waals surface area contributed by atoms with Gasteiger partial charge in [-0.15, -0.1) is 0 Å². The Labute approximate surface area is 124 Å². The normalized spacial score (nSPS) is 10.2. The molecule has 1 amide bonds. The van der Waals surface area contributed by atoms with E-state index in [2.05, 4.69) is 5.32 Å². The molecular formula is C14H10ClFN2O3. The van der Waals surface area contributed by atoms with Gasteiger partial charge in [-0.05, 0) is 31.2 Å². The number of nitrogens with zero attached hydrogens (tertiary/aromatic N) is 1. The van der Waals surface area contributed by atoms with Crippen LogP contribution in [0.2, 0.25) is 5.02 Å². The number of anilines is 1. The zero-order chi connectivity index (χ0) is 15.6. The highest BCUT2D eigenvalue weighted by Crippen LogP contribution is 2.23. The summed E-state index contributed by atoms with van der Waals surface area (Å²) in [6, 6.07) is 7.81. The van der Waals surface area contributed by atoms with Gasteiger partial charge < -0.3 is 5.32 Å². The van der Waals surface area contributed by atoms with Gasteiger partial charge in [-0.3, -0.25) is 14.9 Å². The highest BCUT2D eigenvalue weighted by Gasteiger charge is 2.15. The van der Waals surface area contributed by atoms with Crippen molar-refractivity contribution in [1.82, 2.24) is 0 Å². The van der Waals surface area contributed by atoms with Gasteiger partial charge in [-0.2, -0.15) is 0 Å². The zero-order valence-corrected chi connectivity index (χ0v) is 11.6. The molecule has 0 aromatic heterocycles. The molecule has 2 aromatic carbocycles. The number of benzene rings is 2. The van der Waals surface area contributed by atoms with Crippen molar-refractivity contribution in [1.29, 1.82) is 0 Å². The van der Waals surface area contributed by atoms with Crippen LogP contribution in [0, 0.1) is 22.9 Å². The van der Waals surface area contributed by atoms with Crippen LogP contribution < -0.4 is 5.32 Å². The number of carbonyl (C=O) groups is 1. The minimum absolute atomic E-state index is 0.126. The van der Waals surface area contributed by atoms with Gasteiger partial charge in [0, 0.05) is 22.3 Å². The summed E-state index contributed by atoms with van der Waals surface area (Å²) < 4.78 is 13.6. The van der Waals surface area contributed by atoms with Crippen molar-refractivity contribution >= 4 is 28.9 Å². The molecular weight excluding hydrogens is 299 g/mol. The summed E-state index contributed by atoms with van der Waals surface area (Å²) in [5.41, 5.74) is 0.314. The van der Waals surface area contributed by atoms with Gasteiger partial charge in [0.15, 0.2) is 0 Å². The third kappa shape index (κ3) is 3.35. The predicted octanol–water partition coefficient (Wildman–Crippen LogP) is 3.95. The lowest BCUT2D eigenvalue weighted by molar-refractivity contribution is -0.385. The molecule has 7 heteroatoms. The van der Waals surface area contributed by atoms with Crippen molar-refractivity contribution in [2.45, 2.75) is 6.92 Å². The standard InChI is InChI=1S/C14H10ClFN2O3/c1-8-2-4-10(7-13(8)18(20)21)17-14(19)11-6-9(15)3-5-12(11)16/h2-7H,1H3,(H,17,19). The quantitative estimate of drug-likeness (QED) is 0.689. The van der Waals surface area contributed by atoms with Crippen LogP contribution in [-0.2, 0) is 0 Å². The van der Waals surface area contributed by atoms with Gasteiger partial charge in [0.2, 0.25) is 0 Å². The molecule has 0 radical (unpaired) electrons. The lowest BCUT2D eigenvalue weighted by atomic mass is 10.1. The third-order valence-electron chi connectivity index (χ3n) is 2.84. The first-order valence-electron chi connectivity index (χ1n) is 5.90. The molecule has 0 bridgehead atoms. The highest BCUT2D eigenvalue weighted by atomic mass is 35.5. The summed E-state index contributed by atoms with van der Waals surface area (Å²) >= 11 is 5.72. The van der Waals surface area contributed by atoms with Crippen LogP contribution >= 0.6 is 11.6 Å². The number of rotatable bonds is 3. The molecule has 0 aliphatic rings. The van der Waals surface area contributed by atoms with E-state index in [9.17, 15) is 19.3 Å². The van der Waals surface area contributed by atoms with Crippen molar-refractivity contribution in [3.05, 3.63) is 68.5 Å². The second kappa shape index (κ2) is 5.88. The average Bonchev–Trinajstić information content (AvgIpc) is 2.43. The SMILES string of the molecule is Cc1ccc(NC(=O)c2cc(Cl)ccc2F)cc1[N+](=O)[O-]. The molecule has 0 unspecified atom stereocenters. The summed E-state index contributed by atoms with van der Waals surface area (Å²) in [6.45, 7) is 1.58. The van der Waals surface area contributed by atoms with Crippen LogP contribution in [-0.4, -0.2) is 10.8 Å². The maximum atomic E-state index is 13.6. The summed E-state index contributed by atoms with van der Waals surface area (Å²) in [4.78, 5) is 22.3. The van der Waals surface area contributed by atoms with Crippen molar-refractivity contribution in [2.24, 2.45) is 0 Å². The molecule has 0 atom stereocenters. The topological polar surface area (TPSA) is 72.2 Å². The Hall–Kier alpha value is -2.47. The Kier molecular flexibility index (Phi) is 4.18. The fourth-order valence-electron chi connectivity index (χ4n) is 1.75. The predicted molar refractivity (Wildman–Crippen MR) is 77.2 cm³/mol. The maximum Gasteiger partial charge on any atom is 0.274 e. The van der Waals surface area contributed by atoms with Crippen LogP contribution in [0.1, 0.15) is 15.9 Å². The third-order valence-corrected chi connectivity index (χ3v) is 3.07.